The van der Waals surface area contributed by atoms with Crippen molar-refractivity contribution in [1.82, 2.24) is 5.32 Å². The summed E-state index contributed by atoms with van der Waals surface area (Å²) in [6.07, 6.45) is 1.55. The zero-order valence-electron chi connectivity index (χ0n) is 9.70. The van der Waals surface area contributed by atoms with Gasteiger partial charge in [-0.25, -0.2) is 4.39 Å². The molecule has 0 saturated carbocycles. The van der Waals surface area contributed by atoms with Crippen molar-refractivity contribution in [2.45, 2.75) is 13.0 Å². The first kappa shape index (κ1) is 13.6. The van der Waals surface area contributed by atoms with E-state index in [1.165, 1.54) is 12.1 Å². The number of benzene rings is 1. The monoisotopic (exact) mass is 258 g/mol. The van der Waals surface area contributed by atoms with Crippen molar-refractivity contribution in [2.24, 2.45) is 0 Å². The molecule has 2 unspecified atom stereocenters. The summed E-state index contributed by atoms with van der Waals surface area (Å²) in [5, 5.41) is 2.57. The summed E-state index contributed by atoms with van der Waals surface area (Å²) in [5.41, 5.74) is 5.59. The molecule has 1 rings (SSSR count). The van der Waals surface area contributed by atoms with Gasteiger partial charge in [-0.05, 0) is 25.1 Å². The second kappa shape index (κ2) is 5.77. The van der Waals surface area contributed by atoms with Crippen LogP contribution in [0.3, 0.4) is 0 Å². The third-order valence-electron chi connectivity index (χ3n) is 2.10. The van der Waals surface area contributed by atoms with Crippen LogP contribution < -0.4 is 11.1 Å². The van der Waals surface area contributed by atoms with Crippen LogP contribution in [0.5, 0.6) is 0 Å². The van der Waals surface area contributed by atoms with Crippen LogP contribution in [0.2, 0.25) is 0 Å². The van der Waals surface area contributed by atoms with E-state index in [2.05, 4.69) is 5.32 Å². The highest BCUT2D eigenvalue weighted by Crippen LogP contribution is 2.11. The largest absolute Gasteiger partial charge is 0.399 e. The van der Waals surface area contributed by atoms with Gasteiger partial charge in [-0.1, -0.05) is 0 Å². The third kappa shape index (κ3) is 4.14. The Morgan fingerprint density at radius 1 is 1.59 bits per heavy atom. The van der Waals surface area contributed by atoms with E-state index in [-0.39, 0.29) is 17.3 Å². The summed E-state index contributed by atoms with van der Waals surface area (Å²) in [5.74, 6) is -0.852. The van der Waals surface area contributed by atoms with Gasteiger partial charge in [0.25, 0.3) is 5.91 Å². The van der Waals surface area contributed by atoms with Gasteiger partial charge in [-0.15, -0.1) is 0 Å². The van der Waals surface area contributed by atoms with Crippen LogP contribution in [-0.4, -0.2) is 28.2 Å². The minimum absolute atomic E-state index is 0.0621. The predicted molar refractivity (Wildman–Crippen MR) is 66.7 cm³/mol. The highest BCUT2D eigenvalue weighted by atomic mass is 32.2. The number of carbonyl (C=O) groups excluding carboxylic acids is 1. The lowest BCUT2D eigenvalue weighted by atomic mass is 10.1. The third-order valence-corrected chi connectivity index (χ3v) is 3.07. The molecule has 0 radical (unpaired) electrons. The second-order valence-electron chi connectivity index (χ2n) is 3.85. The first-order valence-electron chi connectivity index (χ1n) is 5.06. The molecule has 0 heterocycles. The fraction of sp³-hybridized carbons (Fsp3) is 0.364. The second-order valence-corrected chi connectivity index (χ2v) is 5.33. The van der Waals surface area contributed by atoms with Gasteiger partial charge in [0.15, 0.2) is 0 Å². The van der Waals surface area contributed by atoms with Crippen molar-refractivity contribution in [2.75, 3.05) is 17.7 Å². The molecule has 1 aromatic rings. The quantitative estimate of drug-likeness (QED) is 0.788. The number of carbonyl (C=O) groups is 1. The van der Waals surface area contributed by atoms with Crippen LogP contribution in [0.15, 0.2) is 18.2 Å². The number of nitrogens with one attached hydrogen (secondary N) is 1. The molecule has 4 nitrogen and oxygen atoms in total. The summed E-state index contributed by atoms with van der Waals surface area (Å²) >= 11 is 0. The standard InChI is InChI=1S/C11H15FN2O2S/c1-7(6-17(2)16)14-11(15)9-4-3-8(13)5-10(9)12/h3-5,7H,6,13H2,1-2H3,(H,14,15). The molecule has 1 amide bonds. The Morgan fingerprint density at radius 2 is 2.24 bits per heavy atom. The molecule has 0 spiro atoms. The average molecular weight is 258 g/mol. The zero-order chi connectivity index (χ0) is 13.0. The highest BCUT2D eigenvalue weighted by Gasteiger charge is 2.14. The molecule has 1 aromatic carbocycles. The molecular formula is C11H15FN2O2S. The number of anilines is 1. The number of hydrogen-bond acceptors (Lipinski definition) is 3. The maximum absolute atomic E-state index is 13.4. The minimum atomic E-state index is -1.01. The van der Waals surface area contributed by atoms with Crippen LogP contribution in [0.25, 0.3) is 0 Å². The lowest BCUT2D eigenvalue weighted by Crippen LogP contribution is -2.36. The fourth-order valence-corrected chi connectivity index (χ4v) is 2.20. The molecule has 17 heavy (non-hydrogen) atoms. The van der Waals surface area contributed by atoms with E-state index in [1.807, 2.05) is 0 Å². The van der Waals surface area contributed by atoms with E-state index < -0.39 is 22.5 Å². The Kier molecular flexibility index (Phi) is 4.62. The lowest BCUT2D eigenvalue weighted by Gasteiger charge is -2.12. The van der Waals surface area contributed by atoms with Gasteiger partial charge in [0, 0.05) is 34.5 Å². The molecular weight excluding hydrogens is 243 g/mol. The number of rotatable bonds is 4. The van der Waals surface area contributed by atoms with Gasteiger partial charge in [0.2, 0.25) is 0 Å². The lowest BCUT2D eigenvalue weighted by molar-refractivity contribution is 0.0939. The first-order chi connectivity index (χ1) is 7.90. The number of amides is 1. The van der Waals surface area contributed by atoms with Crippen molar-refractivity contribution in [3.05, 3.63) is 29.6 Å². The number of hydrogen-bond donors (Lipinski definition) is 2. The molecule has 94 valence electrons. The van der Waals surface area contributed by atoms with Gasteiger partial charge in [-0.3, -0.25) is 9.00 Å². The molecule has 0 aliphatic rings. The van der Waals surface area contributed by atoms with Gasteiger partial charge in [-0.2, -0.15) is 0 Å². The summed E-state index contributed by atoms with van der Waals surface area (Å²) in [4.78, 5) is 11.7. The maximum atomic E-state index is 13.4. The first-order valence-corrected chi connectivity index (χ1v) is 6.78. The zero-order valence-corrected chi connectivity index (χ0v) is 10.5. The van der Waals surface area contributed by atoms with Crippen molar-refractivity contribution >= 4 is 22.4 Å². The van der Waals surface area contributed by atoms with E-state index >= 15 is 0 Å². The van der Waals surface area contributed by atoms with E-state index in [9.17, 15) is 13.4 Å². The van der Waals surface area contributed by atoms with Crippen LogP contribution in [0, 0.1) is 5.82 Å². The molecule has 0 aliphatic heterocycles. The van der Waals surface area contributed by atoms with E-state index in [0.29, 0.717) is 5.75 Å². The van der Waals surface area contributed by atoms with E-state index in [1.54, 1.807) is 13.2 Å². The van der Waals surface area contributed by atoms with Gasteiger partial charge >= 0.3 is 0 Å². The summed E-state index contributed by atoms with van der Waals surface area (Å²) in [6.45, 7) is 1.72. The summed E-state index contributed by atoms with van der Waals surface area (Å²) < 4.78 is 24.4. The number of halogens is 1. The van der Waals surface area contributed by atoms with Crippen molar-refractivity contribution in [3.8, 4) is 0 Å². The van der Waals surface area contributed by atoms with Gasteiger partial charge in [0.1, 0.15) is 5.82 Å². The molecule has 0 fully saturated rings. The smallest absolute Gasteiger partial charge is 0.254 e. The van der Waals surface area contributed by atoms with Gasteiger partial charge in [0.05, 0.1) is 5.56 Å². The van der Waals surface area contributed by atoms with E-state index in [4.69, 9.17) is 5.73 Å². The van der Waals surface area contributed by atoms with Crippen LogP contribution in [0.4, 0.5) is 10.1 Å². The Hall–Kier alpha value is -1.43. The molecule has 0 aliphatic carbocycles. The van der Waals surface area contributed by atoms with Crippen LogP contribution in [0.1, 0.15) is 17.3 Å². The molecule has 2 atom stereocenters. The Bertz CT molecular complexity index is 451. The maximum Gasteiger partial charge on any atom is 0.254 e. The van der Waals surface area contributed by atoms with Crippen molar-refractivity contribution in [3.63, 3.8) is 0 Å². The van der Waals surface area contributed by atoms with Crippen molar-refractivity contribution < 1.29 is 13.4 Å². The molecule has 6 heteroatoms. The Balaban J connectivity index is 2.73. The Labute approximate surface area is 102 Å². The predicted octanol–water partition coefficient (Wildman–Crippen LogP) is 0.905. The minimum Gasteiger partial charge on any atom is -0.399 e. The normalized spacial score (nSPS) is 14.1. The number of nitrogens with two attached hydrogens (primary N) is 1. The fourth-order valence-electron chi connectivity index (χ4n) is 1.41. The Morgan fingerprint density at radius 3 is 2.76 bits per heavy atom. The van der Waals surface area contributed by atoms with Crippen molar-refractivity contribution in [1.29, 1.82) is 0 Å². The SMILES string of the molecule is CC(CS(C)=O)NC(=O)c1ccc(N)cc1F. The average Bonchev–Trinajstić information content (AvgIpc) is 2.15. The molecule has 3 N–H and O–H groups in total. The molecule has 0 aromatic heterocycles. The van der Waals surface area contributed by atoms with Gasteiger partial charge < -0.3 is 11.1 Å². The van der Waals surface area contributed by atoms with Crippen LogP contribution in [-0.2, 0) is 10.8 Å². The highest BCUT2D eigenvalue weighted by molar-refractivity contribution is 7.84. The number of nitrogen functional groups attached to an aromatic ring is 1. The summed E-state index contributed by atoms with van der Waals surface area (Å²) in [6, 6.07) is 3.61. The molecule has 0 saturated heterocycles. The topological polar surface area (TPSA) is 72.2 Å². The van der Waals surface area contributed by atoms with Crippen LogP contribution >= 0.6 is 0 Å². The van der Waals surface area contributed by atoms with E-state index in [0.717, 1.165) is 6.07 Å². The molecule has 0 bridgehead atoms. The summed E-state index contributed by atoms with van der Waals surface area (Å²) in [7, 11) is -1.01.